The molecule has 0 atom stereocenters. The van der Waals surface area contributed by atoms with Gasteiger partial charge in [0.25, 0.3) is 0 Å². The van der Waals surface area contributed by atoms with Crippen molar-refractivity contribution in [1.29, 1.82) is 0 Å². The Hall–Kier alpha value is -3.29. The Balaban J connectivity index is 1.47. The number of nitrogens with zero attached hydrogens (tertiary/aromatic N) is 5. The van der Waals surface area contributed by atoms with Crippen LogP contribution in [0, 0.1) is 0 Å². The van der Waals surface area contributed by atoms with Crippen LogP contribution < -0.4 is 19.9 Å². The average Bonchev–Trinajstić information content (AvgIpc) is 2.82. The second-order valence-electron chi connectivity index (χ2n) is 8.69. The van der Waals surface area contributed by atoms with Crippen molar-refractivity contribution in [2.75, 3.05) is 61.9 Å². The van der Waals surface area contributed by atoms with Crippen LogP contribution in [0.25, 0.3) is 0 Å². The molecule has 0 unspecified atom stereocenters. The van der Waals surface area contributed by atoms with Gasteiger partial charge in [0, 0.05) is 51.1 Å². The van der Waals surface area contributed by atoms with E-state index in [1.165, 1.54) is 5.69 Å². The molecule has 2 aromatic carbocycles. The van der Waals surface area contributed by atoms with Crippen LogP contribution in [0.5, 0.6) is 11.6 Å². The van der Waals surface area contributed by atoms with Gasteiger partial charge < -0.3 is 24.8 Å². The molecule has 0 spiro atoms. The summed E-state index contributed by atoms with van der Waals surface area (Å²) < 4.78 is 6.12. The highest BCUT2D eigenvalue weighted by Crippen LogP contribution is 2.34. The molecule has 178 valence electrons. The molecule has 1 aliphatic heterocycles. The van der Waals surface area contributed by atoms with Crippen molar-refractivity contribution in [3.8, 4) is 11.6 Å². The van der Waals surface area contributed by atoms with Crippen molar-refractivity contribution in [2.24, 2.45) is 0 Å². The van der Waals surface area contributed by atoms with Gasteiger partial charge in [0.15, 0.2) is 5.75 Å². The lowest BCUT2D eigenvalue weighted by atomic mass is 10.2. The fourth-order valence-corrected chi connectivity index (χ4v) is 4.02. The molecule has 0 bridgehead atoms. The molecule has 1 saturated heterocycles. The lowest BCUT2D eigenvalue weighted by Crippen LogP contribution is -2.44. The van der Waals surface area contributed by atoms with Gasteiger partial charge in [-0.15, -0.1) is 0 Å². The van der Waals surface area contributed by atoms with E-state index in [0.29, 0.717) is 22.6 Å². The molecule has 2 heterocycles. The summed E-state index contributed by atoms with van der Waals surface area (Å²) in [6.07, 6.45) is 1.55. The molecule has 34 heavy (non-hydrogen) atoms. The summed E-state index contributed by atoms with van der Waals surface area (Å²) in [4.78, 5) is 15.7. The third-order valence-electron chi connectivity index (χ3n) is 5.69. The highest BCUT2D eigenvalue weighted by atomic mass is 35.5. The van der Waals surface area contributed by atoms with E-state index < -0.39 is 0 Å². The minimum atomic E-state index is 0.296. The lowest BCUT2D eigenvalue weighted by molar-refractivity contribution is 0.313. The summed E-state index contributed by atoms with van der Waals surface area (Å²) >= 11 is 6.37. The van der Waals surface area contributed by atoms with Crippen LogP contribution in [0.4, 0.5) is 23.0 Å². The predicted molar refractivity (Wildman–Crippen MR) is 141 cm³/mol. The summed E-state index contributed by atoms with van der Waals surface area (Å²) in [6, 6.07) is 16.1. The molecular weight excluding hydrogens is 448 g/mol. The van der Waals surface area contributed by atoms with E-state index in [-0.39, 0.29) is 0 Å². The first-order chi connectivity index (χ1) is 16.4. The number of hydrogen-bond donors (Lipinski definition) is 1. The first-order valence-electron chi connectivity index (χ1n) is 11.3. The second-order valence-corrected chi connectivity index (χ2v) is 9.10. The predicted octanol–water partition coefficient (Wildman–Crippen LogP) is 5.43. The van der Waals surface area contributed by atoms with E-state index in [1.54, 1.807) is 6.20 Å². The molecule has 1 N–H and O–H groups in total. The molecule has 7 nitrogen and oxygen atoms in total. The Morgan fingerprint density at radius 3 is 2.53 bits per heavy atom. The fourth-order valence-electron chi connectivity index (χ4n) is 3.89. The Morgan fingerprint density at radius 2 is 1.82 bits per heavy atom. The van der Waals surface area contributed by atoms with Crippen LogP contribution in [-0.4, -0.2) is 61.7 Å². The summed E-state index contributed by atoms with van der Waals surface area (Å²) in [5, 5.41) is 3.59. The second kappa shape index (κ2) is 10.8. The number of ether oxygens (including phenoxy) is 1. The summed E-state index contributed by atoms with van der Waals surface area (Å²) in [7, 11) is 4.16. The number of hydrogen-bond acceptors (Lipinski definition) is 7. The standard InChI is InChI=1S/C26H31ClN6O/c1-19(2)18-32(4)23-7-5-6-8-24(23)34-25-22(27)17-28-26(30-25)29-20-9-11-21(12-10-20)33-15-13-31(3)14-16-33/h5-12,17H,1,13-16,18H2,2-4H3,(H,28,29,30). The average molecular weight is 479 g/mol. The van der Waals surface area contributed by atoms with Crippen molar-refractivity contribution < 1.29 is 4.74 Å². The molecule has 1 aromatic heterocycles. The first kappa shape index (κ1) is 23.9. The normalized spacial score (nSPS) is 14.1. The maximum absolute atomic E-state index is 6.37. The van der Waals surface area contributed by atoms with Crippen LogP contribution in [-0.2, 0) is 0 Å². The van der Waals surface area contributed by atoms with E-state index >= 15 is 0 Å². The summed E-state index contributed by atoms with van der Waals surface area (Å²) in [6.45, 7) is 10.9. The fraction of sp³-hybridized carbons (Fsp3) is 0.308. The number of aromatic nitrogens is 2. The Bertz CT molecular complexity index is 1130. The van der Waals surface area contributed by atoms with E-state index in [1.807, 2.05) is 50.4 Å². The molecule has 0 saturated carbocycles. The zero-order chi connectivity index (χ0) is 24.1. The molecule has 0 amide bonds. The Morgan fingerprint density at radius 1 is 1.12 bits per heavy atom. The van der Waals surface area contributed by atoms with Gasteiger partial charge in [-0.05, 0) is 50.4 Å². The topological polar surface area (TPSA) is 56.8 Å². The number of halogens is 1. The SMILES string of the molecule is C=C(C)CN(C)c1ccccc1Oc1nc(Nc2ccc(N3CCN(C)CC3)cc2)ncc1Cl. The number of para-hydroxylation sites is 2. The van der Waals surface area contributed by atoms with Gasteiger partial charge >= 0.3 is 0 Å². The molecule has 0 radical (unpaired) electrons. The molecule has 8 heteroatoms. The van der Waals surface area contributed by atoms with E-state index in [2.05, 4.69) is 55.7 Å². The third-order valence-corrected chi connectivity index (χ3v) is 5.95. The minimum absolute atomic E-state index is 0.296. The van der Waals surface area contributed by atoms with E-state index in [9.17, 15) is 0 Å². The minimum Gasteiger partial charge on any atom is -0.435 e. The molecule has 3 aromatic rings. The van der Waals surface area contributed by atoms with Crippen molar-refractivity contribution in [1.82, 2.24) is 14.9 Å². The Labute approximate surface area is 206 Å². The van der Waals surface area contributed by atoms with Gasteiger partial charge in [0.05, 0.1) is 11.9 Å². The van der Waals surface area contributed by atoms with Crippen molar-refractivity contribution in [3.05, 3.63) is 71.9 Å². The number of rotatable bonds is 8. The maximum Gasteiger partial charge on any atom is 0.243 e. The monoisotopic (exact) mass is 478 g/mol. The third kappa shape index (κ3) is 5.98. The van der Waals surface area contributed by atoms with Crippen molar-refractivity contribution >= 4 is 34.6 Å². The molecule has 4 rings (SSSR count). The van der Waals surface area contributed by atoms with E-state index in [0.717, 1.165) is 49.7 Å². The van der Waals surface area contributed by atoms with Crippen molar-refractivity contribution in [3.63, 3.8) is 0 Å². The van der Waals surface area contributed by atoms with Gasteiger partial charge in [-0.2, -0.15) is 4.98 Å². The quantitative estimate of drug-likeness (QED) is 0.433. The molecule has 1 fully saturated rings. The lowest BCUT2D eigenvalue weighted by Gasteiger charge is -2.34. The zero-order valence-electron chi connectivity index (χ0n) is 20.0. The zero-order valence-corrected chi connectivity index (χ0v) is 20.7. The smallest absolute Gasteiger partial charge is 0.243 e. The highest BCUT2D eigenvalue weighted by Gasteiger charge is 2.15. The van der Waals surface area contributed by atoms with Crippen LogP contribution in [0.2, 0.25) is 5.02 Å². The van der Waals surface area contributed by atoms with Gasteiger partial charge in [0.1, 0.15) is 5.02 Å². The van der Waals surface area contributed by atoms with Gasteiger partial charge in [-0.3, -0.25) is 0 Å². The number of piperazine rings is 1. The summed E-state index contributed by atoms with van der Waals surface area (Å²) in [5.41, 5.74) is 4.10. The van der Waals surface area contributed by atoms with Crippen LogP contribution >= 0.6 is 11.6 Å². The summed E-state index contributed by atoms with van der Waals surface area (Å²) in [5.74, 6) is 1.37. The molecule has 0 aliphatic carbocycles. The first-order valence-corrected chi connectivity index (χ1v) is 11.7. The number of benzene rings is 2. The number of likely N-dealkylation sites (N-methyl/N-ethyl adjacent to an activating group) is 2. The largest absolute Gasteiger partial charge is 0.435 e. The van der Waals surface area contributed by atoms with Crippen LogP contribution in [0.1, 0.15) is 6.92 Å². The van der Waals surface area contributed by atoms with Gasteiger partial charge in [-0.25, -0.2) is 4.98 Å². The molecular formula is C26H31ClN6O. The number of nitrogens with one attached hydrogen (secondary N) is 1. The van der Waals surface area contributed by atoms with Crippen molar-refractivity contribution in [2.45, 2.75) is 6.92 Å². The highest BCUT2D eigenvalue weighted by molar-refractivity contribution is 6.31. The van der Waals surface area contributed by atoms with Gasteiger partial charge in [-0.1, -0.05) is 35.9 Å². The number of anilines is 4. The van der Waals surface area contributed by atoms with E-state index in [4.69, 9.17) is 16.3 Å². The van der Waals surface area contributed by atoms with Crippen LogP contribution in [0.15, 0.2) is 66.9 Å². The maximum atomic E-state index is 6.37. The Kier molecular flexibility index (Phi) is 7.55. The molecule has 1 aliphatic rings. The van der Waals surface area contributed by atoms with Gasteiger partial charge in [0.2, 0.25) is 11.8 Å². The van der Waals surface area contributed by atoms with Crippen LogP contribution in [0.3, 0.4) is 0 Å².